The van der Waals surface area contributed by atoms with Gasteiger partial charge in [0.25, 0.3) is 0 Å². The van der Waals surface area contributed by atoms with E-state index in [2.05, 4.69) is 18.5 Å². The van der Waals surface area contributed by atoms with E-state index >= 15 is 0 Å². The van der Waals surface area contributed by atoms with Crippen molar-refractivity contribution in [2.45, 2.75) is 18.9 Å². The summed E-state index contributed by atoms with van der Waals surface area (Å²) in [7, 11) is 1.52. The third-order valence-electron chi connectivity index (χ3n) is 2.81. The van der Waals surface area contributed by atoms with Gasteiger partial charge in [0.05, 0.1) is 13.2 Å². The number of hydrogen-bond acceptors (Lipinski definition) is 4. The second kappa shape index (κ2) is 6.33. The van der Waals surface area contributed by atoms with Crippen molar-refractivity contribution < 1.29 is 14.3 Å². The monoisotopic (exact) mass is 225 g/mol. The molecule has 0 aliphatic carbocycles. The summed E-state index contributed by atoms with van der Waals surface area (Å²) in [6.45, 7) is 8.59. The van der Waals surface area contributed by atoms with Gasteiger partial charge in [0, 0.05) is 13.2 Å². The molecule has 0 saturated carbocycles. The SMILES string of the molecule is C=CC(=O)[C@H](NC(=C)OC)C1CCOCC1. The fraction of sp³-hybridized carbons (Fsp3) is 0.583. The van der Waals surface area contributed by atoms with E-state index in [1.165, 1.54) is 13.2 Å². The molecule has 0 aromatic rings. The summed E-state index contributed by atoms with van der Waals surface area (Å²) in [5, 5.41) is 2.99. The molecule has 0 amide bonds. The molecule has 0 bridgehead atoms. The fourth-order valence-electron chi connectivity index (χ4n) is 1.83. The van der Waals surface area contributed by atoms with Crippen LogP contribution in [0.25, 0.3) is 0 Å². The molecule has 1 heterocycles. The lowest BCUT2D eigenvalue weighted by molar-refractivity contribution is -0.118. The van der Waals surface area contributed by atoms with Gasteiger partial charge in [-0.3, -0.25) is 4.79 Å². The molecular weight excluding hydrogens is 206 g/mol. The number of hydrogen-bond donors (Lipinski definition) is 1. The first kappa shape index (κ1) is 12.8. The summed E-state index contributed by atoms with van der Waals surface area (Å²) in [6, 6.07) is -0.297. The summed E-state index contributed by atoms with van der Waals surface area (Å²) < 4.78 is 10.2. The maximum Gasteiger partial charge on any atom is 0.179 e. The lowest BCUT2D eigenvalue weighted by atomic mass is 9.89. The lowest BCUT2D eigenvalue weighted by Crippen LogP contribution is -2.43. The lowest BCUT2D eigenvalue weighted by Gasteiger charge is -2.30. The summed E-state index contributed by atoms with van der Waals surface area (Å²) in [4.78, 5) is 11.7. The molecule has 90 valence electrons. The molecule has 16 heavy (non-hydrogen) atoms. The van der Waals surface area contributed by atoms with Crippen molar-refractivity contribution in [2.75, 3.05) is 20.3 Å². The molecule has 0 radical (unpaired) electrons. The van der Waals surface area contributed by atoms with Crippen molar-refractivity contribution >= 4 is 5.78 Å². The molecular formula is C12H19NO3. The topological polar surface area (TPSA) is 47.6 Å². The molecule has 1 aliphatic heterocycles. The first-order valence-electron chi connectivity index (χ1n) is 5.42. The molecule has 1 saturated heterocycles. The molecule has 0 spiro atoms. The quantitative estimate of drug-likeness (QED) is 0.546. The Morgan fingerprint density at radius 1 is 1.56 bits per heavy atom. The van der Waals surface area contributed by atoms with Gasteiger partial charge in [-0.15, -0.1) is 0 Å². The molecule has 4 nitrogen and oxygen atoms in total. The van der Waals surface area contributed by atoms with Crippen LogP contribution < -0.4 is 5.32 Å². The zero-order valence-electron chi connectivity index (χ0n) is 9.70. The number of nitrogens with one attached hydrogen (secondary N) is 1. The Morgan fingerprint density at radius 3 is 2.69 bits per heavy atom. The van der Waals surface area contributed by atoms with Gasteiger partial charge in [0.1, 0.15) is 0 Å². The highest BCUT2D eigenvalue weighted by atomic mass is 16.5. The van der Waals surface area contributed by atoms with E-state index in [1.54, 1.807) is 0 Å². The van der Waals surface area contributed by atoms with Crippen molar-refractivity contribution in [2.24, 2.45) is 5.92 Å². The van der Waals surface area contributed by atoms with E-state index in [1.807, 2.05) is 0 Å². The van der Waals surface area contributed by atoms with Crippen LogP contribution in [0.3, 0.4) is 0 Å². The van der Waals surface area contributed by atoms with Gasteiger partial charge in [-0.1, -0.05) is 6.58 Å². The number of carbonyl (C=O) groups is 1. The second-order valence-electron chi connectivity index (χ2n) is 3.81. The zero-order chi connectivity index (χ0) is 12.0. The van der Waals surface area contributed by atoms with Crippen molar-refractivity contribution in [3.63, 3.8) is 0 Å². The zero-order valence-corrected chi connectivity index (χ0v) is 9.70. The van der Waals surface area contributed by atoms with Crippen molar-refractivity contribution in [3.8, 4) is 0 Å². The first-order chi connectivity index (χ1) is 7.69. The van der Waals surface area contributed by atoms with Crippen LogP contribution in [0.1, 0.15) is 12.8 Å². The van der Waals surface area contributed by atoms with E-state index in [-0.39, 0.29) is 17.7 Å². The van der Waals surface area contributed by atoms with E-state index in [0.717, 1.165) is 12.8 Å². The highest BCUT2D eigenvalue weighted by molar-refractivity contribution is 5.94. The van der Waals surface area contributed by atoms with Crippen molar-refractivity contribution in [1.82, 2.24) is 5.32 Å². The highest BCUT2D eigenvalue weighted by Crippen LogP contribution is 2.20. The Labute approximate surface area is 96.3 Å². The maximum atomic E-state index is 11.7. The minimum Gasteiger partial charge on any atom is -0.483 e. The van der Waals surface area contributed by atoms with Crippen LogP contribution in [0.2, 0.25) is 0 Å². The molecule has 1 N–H and O–H groups in total. The maximum absolute atomic E-state index is 11.7. The average molecular weight is 225 g/mol. The smallest absolute Gasteiger partial charge is 0.179 e. The van der Waals surface area contributed by atoms with Crippen LogP contribution in [-0.2, 0) is 14.3 Å². The van der Waals surface area contributed by atoms with Gasteiger partial charge in [-0.05, 0) is 31.4 Å². The minimum atomic E-state index is -0.297. The van der Waals surface area contributed by atoms with Crippen LogP contribution in [-0.4, -0.2) is 32.1 Å². The summed E-state index contributed by atoms with van der Waals surface area (Å²) in [5.74, 6) is 0.642. The third-order valence-corrected chi connectivity index (χ3v) is 2.81. The van der Waals surface area contributed by atoms with Crippen molar-refractivity contribution in [1.29, 1.82) is 0 Å². The summed E-state index contributed by atoms with van der Waals surface area (Å²) in [5.41, 5.74) is 0. The fourth-order valence-corrected chi connectivity index (χ4v) is 1.83. The Kier molecular flexibility index (Phi) is 5.05. The van der Waals surface area contributed by atoms with Crippen LogP contribution >= 0.6 is 0 Å². The van der Waals surface area contributed by atoms with E-state index < -0.39 is 0 Å². The molecule has 1 aliphatic rings. The van der Waals surface area contributed by atoms with E-state index in [9.17, 15) is 4.79 Å². The highest BCUT2D eigenvalue weighted by Gasteiger charge is 2.28. The van der Waals surface area contributed by atoms with Crippen LogP contribution in [0.15, 0.2) is 25.1 Å². The number of rotatable bonds is 6. The normalized spacial score (nSPS) is 18.6. The van der Waals surface area contributed by atoms with Gasteiger partial charge in [-0.25, -0.2) is 0 Å². The summed E-state index contributed by atoms with van der Waals surface area (Å²) in [6.07, 6.45) is 3.08. The van der Waals surface area contributed by atoms with Crippen molar-refractivity contribution in [3.05, 3.63) is 25.1 Å². The van der Waals surface area contributed by atoms with Crippen LogP contribution in [0, 0.1) is 5.92 Å². The molecule has 1 fully saturated rings. The molecule has 0 aromatic carbocycles. The van der Waals surface area contributed by atoms with Crippen LogP contribution in [0.4, 0.5) is 0 Å². The van der Waals surface area contributed by atoms with E-state index in [0.29, 0.717) is 19.1 Å². The second-order valence-corrected chi connectivity index (χ2v) is 3.81. The first-order valence-corrected chi connectivity index (χ1v) is 5.42. The number of ketones is 1. The van der Waals surface area contributed by atoms with Gasteiger partial charge in [0.2, 0.25) is 0 Å². The van der Waals surface area contributed by atoms with Crippen LogP contribution in [0.5, 0.6) is 0 Å². The number of methoxy groups -OCH3 is 1. The predicted octanol–water partition coefficient (Wildman–Crippen LogP) is 1.24. The summed E-state index contributed by atoms with van der Waals surface area (Å²) >= 11 is 0. The third kappa shape index (κ3) is 3.38. The van der Waals surface area contributed by atoms with Gasteiger partial charge in [-0.2, -0.15) is 0 Å². The predicted molar refractivity (Wildman–Crippen MR) is 61.8 cm³/mol. The Balaban J connectivity index is 2.65. The Hall–Kier alpha value is -1.29. The van der Waals surface area contributed by atoms with Gasteiger partial charge in [0.15, 0.2) is 11.7 Å². The van der Waals surface area contributed by atoms with E-state index in [4.69, 9.17) is 9.47 Å². The molecule has 0 unspecified atom stereocenters. The minimum absolute atomic E-state index is 0.0231. The molecule has 1 rings (SSSR count). The average Bonchev–Trinajstić information content (AvgIpc) is 2.35. The number of carbonyl (C=O) groups excluding carboxylic acids is 1. The van der Waals surface area contributed by atoms with Gasteiger partial charge < -0.3 is 14.8 Å². The number of ether oxygens (including phenoxy) is 2. The molecule has 0 aromatic heterocycles. The standard InChI is InChI=1S/C12H19NO3/c1-4-11(14)12(13-9(2)15-3)10-5-7-16-8-6-10/h4,10,12-13H,1-2,5-8H2,3H3/t12-/m1/s1. The Bertz CT molecular complexity index is 269. The Morgan fingerprint density at radius 2 is 2.19 bits per heavy atom. The largest absolute Gasteiger partial charge is 0.483 e. The molecule has 4 heteroatoms. The van der Waals surface area contributed by atoms with Gasteiger partial charge >= 0.3 is 0 Å². The molecule has 1 atom stereocenters.